The van der Waals surface area contributed by atoms with Crippen LogP contribution in [0.2, 0.25) is 5.02 Å². The molecule has 0 fully saturated rings. The highest BCUT2D eigenvalue weighted by atomic mass is 35.5. The first kappa shape index (κ1) is 15.7. The standard InChI is InChI=1S/C12H8ClF3O4S/c1-19-9-6-7-4-2-3-5-8(7)11(10(9)13)20-21(17,18)12(14,15)16/h2-6H,1H3. The Morgan fingerprint density at radius 2 is 1.81 bits per heavy atom. The molecule has 0 aliphatic rings. The summed E-state index contributed by atoms with van der Waals surface area (Å²) in [5.74, 6) is -0.619. The molecule has 0 N–H and O–H groups in total. The molecule has 0 atom stereocenters. The Bertz CT molecular complexity index is 787. The van der Waals surface area contributed by atoms with Crippen LogP contribution in [-0.4, -0.2) is 21.0 Å². The van der Waals surface area contributed by atoms with Crippen LogP contribution in [0.3, 0.4) is 0 Å². The second kappa shape index (κ2) is 5.27. The fourth-order valence-corrected chi connectivity index (χ4v) is 2.46. The van der Waals surface area contributed by atoms with Crippen LogP contribution in [-0.2, 0) is 10.1 Å². The van der Waals surface area contributed by atoms with Crippen LogP contribution in [0.1, 0.15) is 0 Å². The maximum Gasteiger partial charge on any atom is 0.534 e. The lowest BCUT2D eigenvalue weighted by atomic mass is 10.1. The second-order valence-electron chi connectivity index (χ2n) is 3.93. The smallest absolute Gasteiger partial charge is 0.495 e. The summed E-state index contributed by atoms with van der Waals surface area (Å²) in [6, 6.07) is 7.55. The van der Waals surface area contributed by atoms with Crippen molar-refractivity contribution in [2.45, 2.75) is 5.51 Å². The first-order chi connectivity index (χ1) is 9.67. The van der Waals surface area contributed by atoms with Gasteiger partial charge in [0.25, 0.3) is 0 Å². The number of alkyl halides is 3. The largest absolute Gasteiger partial charge is 0.534 e. The molecule has 0 saturated carbocycles. The summed E-state index contributed by atoms with van der Waals surface area (Å²) in [6.07, 6.45) is 0. The molecule has 114 valence electrons. The van der Waals surface area contributed by atoms with Gasteiger partial charge >= 0.3 is 15.6 Å². The van der Waals surface area contributed by atoms with Gasteiger partial charge < -0.3 is 8.92 Å². The summed E-state index contributed by atoms with van der Waals surface area (Å²) < 4.78 is 68.8. The van der Waals surface area contributed by atoms with E-state index >= 15 is 0 Å². The van der Waals surface area contributed by atoms with Crippen molar-refractivity contribution in [3.63, 3.8) is 0 Å². The van der Waals surface area contributed by atoms with Gasteiger partial charge in [-0.2, -0.15) is 21.6 Å². The highest BCUT2D eigenvalue weighted by Gasteiger charge is 2.49. The summed E-state index contributed by atoms with van der Waals surface area (Å²) in [4.78, 5) is 0. The molecule has 2 rings (SSSR count). The molecule has 4 nitrogen and oxygen atoms in total. The van der Waals surface area contributed by atoms with Gasteiger partial charge in [-0.05, 0) is 11.5 Å². The summed E-state index contributed by atoms with van der Waals surface area (Å²) in [7, 11) is -4.58. The topological polar surface area (TPSA) is 52.6 Å². The van der Waals surface area contributed by atoms with Crippen molar-refractivity contribution < 1.29 is 30.5 Å². The normalized spacial score (nSPS) is 12.4. The lowest BCUT2D eigenvalue weighted by Gasteiger charge is -2.14. The molecule has 2 aromatic carbocycles. The van der Waals surface area contributed by atoms with Gasteiger partial charge in [0.2, 0.25) is 0 Å². The maximum atomic E-state index is 12.4. The molecule has 0 bridgehead atoms. The molecule has 0 spiro atoms. The number of rotatable bonds is 3. The molecule has 0 amide bonds. The first-order valence-corrected chi connectivity index (χ1v) is 7.22. The molecule has 0 aromatic heterocycles. The molecule has 0 unspecified atom stereocenters. The van der Waals surface area contributed by atoms with Crippen molar-refractivity contribution in [3.8, 4) is 11.5 Å². The van der Waals surface area contributed by atoms with Crippen molar-refractivity contribution in [1.82, 2.24) is 0 Å². The van der Waals surface area contributed by atoms with Crippen molar-refractivity contribution in [2.24, 2.45) is 0 Å². The molecule has 0 saturated heterocycles. The highest BCUT2D eigenvalue weighted by Crippen LogP contribution is 2.42. The van der Waals surface area contributed by atoms with Crippen LogP contribution in [0.5, 0.6) is 11.5 Å². The van der Waals surface area contributed by atoms with Gasteiger partial charge in [0.15, 0.2) is 5.75 Å². The summed E-state index contributed by atoms with van der Waals surface area (Å²) in [5, 5.41) is 0.186. The predicted octanol–water partition coefficient (Wildman–Crippen LogP) is 3.73. The molecular weight excluding hydrogens is 333 g/mol. The monoisotopic (exact) mass is 340 g/mol. The van der Waals surface area contributed by atoms with E-state index in [4.69, 9.17) is 16.3 Å². The van der Waals surface area contributed by atoms with Gasteiger partial charge in [0.05, 0.1) is 7.11 Å². The molecule has 0 aliphatic heterocycles. The number of hydrogen-bond donors (Lipinski definition) is 0. The maximum absolute atomic E-state index is 12.4. The van der Waals surface area contributed by atoms with Crippen LogP contribution in [0.25, 0.3) is 10.8 Å². The molecule has 9 heteroatoms. The van der Waals surface area contributed by atoms with E-state index in [9.17, 15) is 21.6 Å². The molecule has 0 heterocycles. The SMILES string of the molecule is COc1cc2ccccc2c(OS(=O)(=O)C(F)(F)F)c1Cl. The number of benzene rings is 2. The fourth-order valence-electron chi connectivity index (χ4n) is 1.65. The Morgan fingerprint density at radius 1 is 1.19 bits per heavy atom. The minimum Gasteiger partial charge on any atom is -0.495 e. The lowest BCUT2D eigenvalue weighted by Crippen LogP contribution is -2.28. The third-order valence-corrected chi connectivity index (χ3v) is 3.92. The minimum absolute atomic E-state index is 0.00254. The summed E-state index contributed by atoms with van der Waals surface area (Å²) in [5.41, 5.74) is -5.56. The Kier molecular flexibility index (Phi) is 3.94. The van der Waals surface area contributed by atoms with E-state index in [0.29, 0.717) is 5.39 Å². The van der Waals surface area contributed by atoms with Gasteiger partial charge in [-0.15, -0.1) is 0 Å². The zero-order valence-electron chi connectivity index (χ0n) is 10.4. The van der Waals surface area contributed by atoms with E-state index in [2.05, 4.69) is 4.18 Å². The van der Waals surface area contributed by atoms with Gasteiger partial charge in [-0.25, -0.2) is 0 Å². The van der Waals surface area contributed by atoms with Crippen molar-refractivity contribution in [1.29, 1.82) is 0 Å². The van der Waals surface area contributed by atoms with E-state index < -0.39 is 21.4 Å². The number of fused-ring (bicyclic) bond motifs is 1. The number of methoxy groups -OCH3 is 1. The Balaban J connectivity index is 2.71. The van der Waals surface area contributed by atoms with E-state index in [-0.39, 0.29) is 16.2 Å². The van der Waals surface area contributed by atoms with E-state index in [1.54, 1.807) is 12.1 Å². The summed E-state index contributed by atoms with van der Waals surface area (Å²) >= 11 is 5.86. The minimum atomic E-state index is -5.83. The Hall–Kier alpha value is -1.67. The zero-order chi connectivity index (χ0) is 15.8. The van der Waals surface area contributed by atoms with Crippen LogP contribution < -0.4 is 8.92 Å². The van der Waals surface area contributed by atoms with Crippen LogP contribution in [0.15, 0.2) is 30.3 Å². The number of halogens is 4. The first-order valence-electron chi connectivity index (χ1n) is 5.43. The van der Waals surface area contributed by atoms with E-state index in [1.807, 2.05) is 0 Å². The van der Waals surface area contributed by atoms with Crippen molar-refractivity contribution in [2.75, 3.05) is 7.11 Å². The third-order valence-electron chi connectivity index (χ3n) is 2.60. The molecular formula is C12H8ClF3O4S. The van der Waals surface area contributed by atoms with Crippen molar-refractivity contribution >= 4 is 32.5 Å². The van der Waals surface area contributed by atoms with Gasteiger partial charge in [-0.3, -0.25) is 0 Å². The predicted molar refractivity (Wildman–Crippen MR) is 71.1 cm³/mol. The van der Waals surface area contributed by atoms with Gasteiger partial charge in [0, 0.05) is 5.39 Å². The number of ether oxygens (including phenoxy) is 1. The number of hydrogen-bond acceptors (Lipinski definition) is 4. The fraction of sp³-hybridized carbons (Fsp3) is 0.167. The lowest BCUT2D eigenvalue weighted by molar-refractivity contribution is -0.0499. The van der Waals surface area contributed by atoms with Crippen LogP contribution >= 0.6 is 11.6 Å². The van der Waals surface area contributed by atoms with E-state index in [0.717, 1.165) is 0 Å². The van der Waals surface area contributed by atoms with Gasteiger partial charge in [-0.1, -0.05) is 35.9 Å². The van der Waals surface area contributed by atoms with Gasteiger partial charge in [0.1, 0.15) is 10.8 Å². The van der Waals surface area contributed by atoms with Crippen molar-refractivity contribution in [3.05, 3.63) is 35.4 Å². The molecule has 2 aromatic rings. The third kappa shape index (κ3) is 2.86. The highest BCUT2D eigenvalue weighted by molar-refractivity contribution is 7.88. The molecule has 0 radical (unpaired) electrons. The quantitative estimate of drug-likeness (QED) is 0.631. The summed E-state index contributed by atoms with van der Waals surface area (Å²) in [6.45, 7) is 0. The van der Waals surface area contributed by atoms with Crippen LogP contribution in [0, 0.1) is 0 Å². The Morgan fingerprint density at radius 3 is 2.38 bits per heavy atom. The van der Waals surface area contributed by atoms with E-state index in [1.165, 1.54) is 25.3 Å². The average Bonchev–Trinajstić information content (AvgIpc) is 2.40. The molecule has 0 aliphatic carbocycles. The average molecular weight is 341 g/mol. The van der Waals surface area contributed by atoms with Crippen LogP contribution in [0.4, 0.5) is 13.2 Å². The zero-order valence-corrected chi connectivity index (χ0v) is 12.0. The second-order valence-corrected chi connectivity index (χ2v) is 5.84. The Labute approximate surface area is 123 Å². The molecule has 21 heavy (non-hydrogen) atoms.